The van der Waals surface area contributed by atoms with Crippen LogP contribution in [0.5, 0.6) is 0 Å². The van der Waals surface area contributed by atoms with E-state index in [2.05, 4.69) is 39.6 Å². The molecule has 3 aromatic carbocycles. The third kappa shape index (κ3) is 5.27. The zero-order valence-corrected chi connectivity index (χ0v) is 19.9. The summed E-state index contributed by atoms with van der Waals surface area (Å²) in [6, 6.07) is 26.2. The molecule has 36 heavy (non-hydrogen) atoms. The lowest BCUT2D eigenvalue weighted by molar-refractivity contribution is 0.130. The molecule has 1 fully saturated rings. The van der Waals surface area contributed by atoms with Crippen molar-refractivity contribution in [1.82, 2.24) is 15.0 Å². The molecule has 0 unspecified atom stereocenters. The van der Waals surface area contributed by atoms with Gasteiger partial charge in [-0.1, -0.05) is 89.2 Å². The van der Waals surface area contributed by atoms with Crippen LogP contribution in [-0.4, -0.2) is 45.0 Å². The number of rotatable bonds is 7. The Morgan fingerprint density at radius 1 is 1.03 bits per heavy atom. The Bertz CT molecular complexity index is 1350. The minimum absolute atomic E-state index is 0.0670. The van der Waals surface area contributed by atoms with Gasteiger partial charge in [-0.05, 0) is 35.6 Å². The van der Waals surface area contributed by atoms with E-state index in [-0.39, 0.29) is 5.92 Å². The van der Waals surface area contributed by atoms with E-state index in [4.69, 9.17) is 14.5 Å². The van der Waals surface area contributed by atoms with Gasteiger partial charge in [-0.3, -0.25) is 0 Å². The van der Waals surface area contributed by atoms with Gasteiger partial charge in [0.1, 0.15) is 6.61 Å². The first-order valence-corrected chi connectivity index (χ1v) is 11.8. The average Bonchev–Trinajstić information content (AvgIpc) is 3.60. The summed E-state index contributed by atoms with van der Waals surface area (Å²) < 4.78 is 5.41. The van der Waals surface area contributed by atoms with Crippen molar-refractivity contribution >= 4 is 11.8 Å². The topological polar surface area (TPSA) is 101 Å². The standard InChI is InChI=1S/C28H26N4O4/c1-19(30-35-18-20-7-9-23(10-8-20)22-5-3-2-4-6-22)21-11-13-24(14-12-21)26-29-27(36-31-26)25-15-16-32(17-25)28(33)34/h2-14,25H,15-18H2,1H3,(H,33,34)/b30-19+/t25-/m0/s1. The van der Waals surface area contributed by atoms with Crippen LogP contribution in [0.25, 0.3) is 22.5 Å². The maximum Gasteiger partial charge on any atom is 0.407 e. The number of carbonyl (C=O) groups is 1. The normalized spacial score (nSPS) is 15.8. The number of hydrogen-bond acceptors (Lipinski definition) is 6. The van der Waals surface area contributed by atoms with Crippen LogP contribution >= 0.6 is 0 Å². The fourth-order valence-electron chi connectivity index (χ4n) is 4.19. The monoisotopic (exact) mass is 482 g/mol. The summed E-state index contributed by atoms with van der Waals surface area (Å²) in [7, 11) is 0. The fraction of sp³-hybridized carbons (Fsp3) is 0.214. The SMILES string of the molecule is C/C(=N\OCc1ccc(-c2ccccc2)cc1)c1ccc(-c2noc([C@H]3CCN(C(=O)O)C3)n2)cc1. The molecule has 8 heteroatoms. The maximum absolute atomic E-state index is 11.1. The van der Waals surface area contributed by atoms with Crippen LogP contribution in [0, 0.1) is 0 Å². The third-order valence-corrected chi connectivity index (χ3v) is 6.30. The maximum atomic E-state index is 11.1. The number of hydrogen-bond donors (Lipinski definition) is 1. The van der Waals surface area contributed by atoms with E-state index in [1.807, 2.05) is 61.5 Å². The first-order valence-electron chi connectivity index (χ1n) is 11.8. The second-order valence-electron chi connectivity index (χ2n) is 8.76. The molecule has 1 aliphatic heterocycles. The second kappa shape index (κ2) is 10.4. The zero-order valence-electron chi connectivity index (χ0n) is 19.9. The molecule has 0 spiro atoms. The van der Waals surface area contributed by atoms with E-state index < -0.39 is 6.09 Å². The van der Waals surface area contributed by atoms with Gasteiger partial charge in [0.15, 0.2) is 0 Å². The molecule has 0 bridgehead atoms. The van der Waals surface area contributed by atoms with Crippen molar-refractivity contribution in [2.24, 2.45) is 5.16 Å². The molecule has 0 aliphatic carbocycles. The first kappa shape index (κ1) is 23.3. The molecule has 1 amide bonds. The van der Waals surface area contributed by atoms with Gasteiger partial charge in [-0.15, -0.1) is 0 Å². The van der Waals surface area contributed by atoms with Gasteiger partial charge in [0.2, 0.25) is 11.7 Å². The van der Waals surface area contributed by atoms with Crippen LogP contribution in [-0.2, 0) is 11.4 Å². The Morgan fingerprint density at radius 2 is 1.72 bits per heavy atom. The Labute approximate surface area is 208 Å². The molecule has 1 N–H and O–H groups in total. The van der Waals surface area contributed by atoms with Crippen molar-refractivity contribution in [2.75, 3.05) is 13.1 Å². The summed E-state index contributed by atoms with van der Waals surface area (Å²) in [5.74, 6) is 0.888. The second-order valence-corrected chi connectivity index (χ2v) is 8.76. The number of benzene rings is 3. The van der Waals surface area contributed by atoms with Crippen molar-refractivity contribution < 1.29 is 19.3 Å². The van der Waals surface area contributed by atoms with Crippen molar-refractivity contribution in [3.8, 4) is 22.5 Å². The number of oxime groups is 1. The molecule has 0 saturated carbocycles. The number of aromatic nitrogens is 2. The molecule has 4 aromatic rings. The predicted molar refractivity (Wildman–Crippen MR) is 136 cm³/mol. The molecule has 1 aromatic heterocycles. The van der Waals surface area contributed by atoms with Crippen LogP contribution in [0.3, 0.4) is 0 Å². The lowest BCUT2D eigenvalue weighted by atomic mass is 10.0. The van der Waals surface area contributed by atoms with Crippen LogP contribution in [0.2, 0.25) is 0 Å². The number of likely N-dealkylation sites (tertiary alicyclic amines) is 1. The van der Waals surface area contributed by atoms with Crippen molar-refractivity contribution in [1.29, 1.82) is 0 Å². The van der Waals surface area contributed by atoms with Crippen LogP contribution in [0.1, 0.15) is 36.3 Å². The van der Waals surface area contributed by atoms with E-state index in [9.17, 15) is 4.79 Å². The summed E-state index contributed by atoms with van der Waals surface area (Å²) >= 11 is 0. The lowest BCUT2D eigenvalue weighted by Gasteiger charge is -2.09. The summed E-state index contributed by atoms with van der Waals surface area (Å²) in [6.45, 7) is 3.14. The van der Waals surface area contributed by atoms with Gasteiger partial charge < -0.3 is 19.4 Å². The highest BCUT2D eigenvalue weighted by Crippen LogP contribution is 2.28. The summed E-state index contributed by atoms with van der Waals surface area (Å²) in [4.78, 5) is 22.6. The Hall–Kier alpha value is -4.46. The van der Waals surface area contributed by atoms with E-state index >= 15 is 0 Å². The van der Waals surface area contributed by atoms with Gasteiger partial charge in [0.25, 0.3) is 0 Å². The fourth-order valence-corrected chi connectivity index (χ4v) is 4.19. The summed E-state index contributed by atoms with van der Waals surface area (Å²) in [6.07, 6.45) is -0.241. The third-order valence-electron chi connectivity index (χ3n) is 6.30. The molecule has 2 heterocycles. The highest BCUT2D eigenvalue weighted by Gasteiger charge is 2.31. The van der Waals surface area contributed by atoms with Crippen molar-refractivity contribution in [3.63, 3.8) is 0 Å². The van der Waals surface area contributed by atoms with Gasteiger partial charge in [0.05, 0.1) is 11.6 Å². The van der Waals surface area contributed by atoms with Crippen molar-refractivity contribution in [3.05, 3.63) is 95.9 Å². The molecule has 1 aliphatic rings. The van der Waals surface area contributed by atoms with Crippen molar-refractivity contribution in [2.45, 2.75) is 25.9 Å². The highest BCUT2D eigenvalue weighted by atomic mass is 16.6. The van der Waals surface area contributed by atoms with Gasteiger partial charge >= 0.3 is 6.09 Å². The number of amides is 1. The Balaban J connectivity index is 1.17. The van der Waals surface area contributed by atoms with E-state index in [0.29, 0.717) is 37.8 Å². The Kier molecular flexibility index (Phi) is 6.75. The quantitative estimate of drug-likeness (QED) is 0.263. The molecule has 0 radical (unpaired) electrons. The number of nitrogens with zero attached hydrogens (tertiary/aromatic N) is 4. The van der Waals surface area contributed by atoms with Gasteiger partial charge in [0, 0.05) is 18.7 Å². The summed E-state index contributed by atoms with van der Waals surface area (Å²) in [5.41, 5.74) is 5.89. The zero-order chi connectivity index (χ0) is 24.9. The molecule has 5 rings (SSSR count). The minimum Gasteiger partial charge on any atom is -0.465 e. The molecule has 1 atom stereocenters. The minimum atomic E-state index is -0.921. The molecule has 1 saturated heterocycles. The van der Waals surface area contributed by atoms with Gasteiger partial charge in [-0.25, -0.2) is 4.79 Å². The smallest absolute Gasteiger partial charge is 0.407 e. The molecule has 182 valence electrons. The molecular formula is C28H26N4O4. The average molecular weight is 483 g/mol. The Morgan fingerprint density at radius 3 is 2.42 bits per heavy atom. The van der Waals surface area contributed by atoms with Gasteiger partial charge in [-0.2, -0.15) is 4.98 Å². The first-order chi connectivity index (χ1) is 17.6. The largest absolute Gasteiger partial charge is 0.465 e. The molecular weight excluding hydrogens is 456 g/mol. The van der Waals surface area contributed by atoms with Crippen LogP contribution in [0.4, 0.5) is 4.79 Å². The van der Waals surface area contributed by atoms with E-state index in [0.717, 1.165) is 22.4 Å². The summed E-state index contributed by atoms with van der Waals surface area (Å²) in [5, 5.41) is 17.5. The van der Waals surface area contributed by atoms with Crippen LogP contribution in [0.15, 0.2) is 88.5 Å². The predicted octanol–water partition coefficient (Wildman–Crippen LogP) is 5.81. The molecule has 8 nitrogen and oxygen atoms in total. The van der Waals surface area contributed by atoms with E-state index in [1.165, 1.54) is 16.0 Å². The van der Waals surface area contributed by atoms with E-state index in [1.54, 1.807) is 0 Å². The lowest BCUT2D eigenvalue weighted by Crippen LogP contribution is -2.26. The number of carboxylic acid groups (broad SMARTS) is 1. The highest BCUT2D eigenvalue weighted by molar-refractivity contribution is 5.98. The van der Waals surface area contributed by atoms with Crippen LogP contribution < -0.4 is 0 Å².